The summed E-state index contributed by atoms with van der Waals surface area (Å²) in [5.74, 6) is 0.963. The SMILES string of the molecule is CC1CN(CC(O)COc2ccc(S(=O)(=O)c3ccc(OCC(O)CN4CC(C)OC(C)C4)cc3)cc2)CC(C)O1. The molecule has 6 atom stereocenters. The lowest BCUT2D eigenvalue weighted by atomic mass is 10.2. The number of morpholine rings is 2. The van der Waals surface area contributed by atoms with Crippen LogP contribution in [-0.4, -0.2) is 118 Å². The number of β-amino-alcohol motifs (C(OH)–C–C–N with tert-alkyl or cyclic N) is 2. The normalized spacial score (nSPS) is 25.9. The maximum atomic E-state index is 13.1. The maximum absolute atomic E-state index is 13.1. The van der Waals surface area contributed by atoms with Crippen LogP contribution in [0.5, 0.6) is 11.5 Å². The Hall–Kier alpha value is -2.25. The van der Waals surface area contributed by atoms with E-state index in [4.69, 9.17) is 18.9 Å². The molecule has 2 fully saturated rings. The Morgan fingerprint density at radius 2 is 1.00 bits per heavy atom. The summed E-state index contributed by atoms with van der Waals surface area (Å²) in [6, 6.07) is 12.3. The smallest absolute Gasteiger partial charge is 0.206 e. The summed E-state index contributed by atoms with van der Waals surface area (Å²) >= 11 is 0. The van der Waals surface area contributed by atoms with E-state index in [2.05, 4.69) is 9.80 Å². The zero-order valence-corrected chi connectivity index (χ0v) is 25.2. The first-order valence-electron chi connectivity index (χ1n) is 14.3. The highest BCUT2D eigenvalue weighted by Crippen LogP contribution is 2.25. The van der Waals surface area contributed by atoms with Crippen LogP contribution in [0, 0.1) is 0 Å². The van der Waals surface area contributed by atoms with Gasteiger partial charge in [-0.2, -0.15) is 0 Å². The minimum absolute atomic E-state index is 0.104. The van der Waals surface area contributed by atoms with Crippen LogP contribution in [0.15, 0.2) is 58.3 Å². The molecule has 0 bridgehead atoms. The minimum atomic E-state index is -3.74. The Bertz CT molecular complexity index is 1090. The van der Waals surface area contributed by atoms with E-state index in [0.717, 1.165) is 26.2 Å². The molecule has 10 nitrogen and oxygen atoms in total. The number of nitrogens with zero attached hydrogens (tertiary/aromatic N) is 2. The second kappa shape index (κ2) is 14.3. The van der Waals surface area contributed by atoms with Crippen LogP contribution in [-0.2, 0) is 19.3 Å². The van der Waals surface area contributed by atoms with Crippen LogP contribution < -0.4 is 9.47 Å². The second-order valence-electron chi connectivity index (χ2n) is 11.3. The summed E-state index contributed by atoms with van der Waals surface area (Å²) in [5, 5.41) is 20.8. The van der Waals surface area contributed by atoms with Crippen molar-refractivity contribution in [2.45, 2.75) is 74.1 Å². The maximum Gasteiger partial charge on any atom is 0.206 e. The molecule has 4 rings (SSSR count). The van der Waals surface area contributed by atoms with Gasteiger partial charge in [0, 0.05) is 39.3 Å². The van der Waals surface area contributed by atoms with E-state index < -0.39 is 22.0 Å². The highest BCUT2D eigenvalue weighted by atomic mass is 32.2. The molecule has 6 unspecified atom stereocenters. The average molecular weight is 593 g/mol. The van der Waals surface area contributed by atoms with Crippen molar-refractivity contribution in [3.63, 3.8) is 0 Å². The molecule has 2 heterocycles. The van der Waals surface area contributed by atoms with Gasteiger partial charge in [0.25, 0.3) is 0 Å². The van der Waals surface area contributed by atoms with Gasteiger partial charge in [0.15, 0.2) is 0 Å². The average Bonchev–Trinajstić information content (AvgIpc) is 2.90. The number of aliphatic hydroxyl groups excluding tert-OH is 2. The highest BCUT2D eigenvalue weighted by Gasteiger charge is 2.25. The van der Waals surface area contributed by atoms with Gasteiger partial charge in [-0.25, -0.2) is 8.42 Å². The number of hydrogen-bond acceptors (Lipinski definition) is 10. The Labute approximate surface area is 243 Å². The van der Waals surface area contributed by atoms with Gasteiger partial charge in [0.1, 0.15) is 36.9 Å². The molecule has 0 radical (unpaired) electrons. The Kier molecular flexibility index (Phi) is 11.0. The fraction of sp³-hybridized carbons (Fsp3) is 0.600. The van der Waals surface area contributed by atoms with Crippen LogP contribution in [0.1, 0.15) is 27.7 Å². The number of benzene rings is 2. The summed E-state index contributed by atoms with van der Waals surface area (Å²) < 4.78 is 49.2. The van der Waals surface area contributed by atoms with E-state index >= 15 is 0 Å². The number of rotatable bonds is 12. The number of aliphatic hydroxyl groups is 2. The lowest BCUT2D eigenvalue weighted by molar-refractivity contribution is -0.0789. The Morgan fingerprint density at radius 1 is 0.683 bits per heavy atom. The van der Waals surface area contributed by atoms with E-state index in [9.17, 15) is 18.6 Å². The summed E-state index contributed by atoms with van der Waals surface area (Å²) in [6.45, 7) is 12.3. The van der Waals surface area contributed by atoms with Crippen LogP contribution >= 0.6 is 0 Å². The van der Waals surface area contributed by atoms with Crippen molar-refractivity contribution in [1.29, 1.82) is 0 Å². The van der Waals surface area contributed by atoms with Gasteiger partial charge < -0.3 is 29.2 Å². The topological polar surface area (TPSA) is 118 Å². The highest BCUT2D eigenvalue weighted by molar-refractivity contribution is 7.91. The zero-order chi connectivity index (χ0) is 29.6. The van der Waals surface area contributed by atoms with Crippen molar-refractivity contribution in [3.05, 3.63) is 48.5 Å². The largest absolute Gasteiger partial charge is 0.491 e. The molecule has 2 saturated heterocycles. The van der Waals surface area contributed by atoms with Crippen molar-refractivity contribution >= 4 is 9.84 Å². The lowest BCUT2D eigenvalue weighted by Gasteiger charge is -2.36. The zero-order valence-electron chi connectivity index (χ0n) is 24.4. The standard InChI is InChI=1S/C30H44N2O8S/c1-21-13-31(14-22(2)39-21)17-25(33)19-37-27-5-9-29(10-6-27)41(35,36)30-11-7-28(8-12-30)38-20-26(34)18-32-15-23(3)40-24(4)16-32/h5-12,21-26,33-34H,13-20H2,1-4H3. The first-order valence-corrected chi connectivity index (χ1v) is 15.8. The number of ether oxygens (including phenoxy) is 4. The molecule has 0 spiro atoms. The van der Waals surface area contributed by atoms with Crippen LogP contribution in [0.25, 0.3) is 0 Å². The molecule has 2 N–H and O–H groups in total. The van der Waals surface area contributed by atoms with Crippen molar-refractivity contribution in [1.82, 2.24) is 9.80 Å². The minimum Gasteiger partial charge on any atom is -0.491 e. The third-order valence-corrected chi connectivity index (χ3v) is 8.87. The lowest BCUT2D eigenvalue weighted by Crippen LogP contribution is -2.48. The van der Waals surface area contributed by atoms with Gasteiger partial charge in [-0.1, -0.05) is 0 Å². The molecule has 0 amide bonds. The Balaban J connectivity index is 1.24. The van der Waals surface area contributed by atoms with Crippen molar-refractivity contribution in [3.8, 4) is 11.5 Å². The van der Waals surface area contributed by atoms with Crippen molar-refractivity contribution in [2.24, 2.45) is 0 Å². The van der Waals surface area contributed by atoms with E-state index in [-0.39, 0.29) is 47.4 Å². The summed E-state index contributed by atoms with van der Waals surface area (Å²) in [7, 11) is -3.74. The molecular formula is C30H44N2O8S. The fourth-order valence-corrected chi connectivity index (χ4v) is 6.78. The van der Waals surface area contributed by atoms with E-state index in [1.165, 1.54) is 24.3 Å². The van der Waals surface area contributed by atoms with Crippen LogP contribution in [0.4, 0.5) is 0 Å². The molecule has 2 aromatic rings. The fourth-order valence-electron chi connectivity index (χ4n) is 5.52. The van der Waals surface area contributed by atoms with Gasteiger partial charge in [0.2, 0.25) is 9.84 Å². The quantitative estimate of drug-likeness (QED) is 0.380. The van der Waals surface area contributed by atoms with Crippen LogP contribution in [0.3, 0.4) is 0 Å². The number of hydrogen-bond donors (Lipinski definition) is 2. The van der Waals surface area contributed by atoms with Gasteiger partial charge >= 0.3 is 0 Å². The predicted octanol–water partition coefficient (Wildman–Crippen LogP) is 2.22. The summed E-state index contributed by atoms with van der Waals surface area (Å²) in [6.07, 6.45) is -0.865. The molecule has 2 aromatic carbocycles. The molecule has 228 valence electrons. The van der Waals surface area contributed by atoms with E-state index in [1.807, 2.05) is 27.7 Å². The third kappa shape index (κ3) is 9.37. The monoisotopic (exact) mass is 592 g/mol. The number of sulfone groups is 1. The van der Waals surface area contributed by atoms with Gasteiger partial charge in [-0.15, -0.1) is 0 Å². The van der Waals surface area contributed by atoms with Crippen molar-refractivity contribution in [2.75, 3.05) is 52.5 Å². The van der Waals surface area contributed by atoms with E-state index in [1.54, 1.807) is 24.3 Å². The summed E-state index contributed by atoms with van der Waals surface area (Å²) in [5.41, 5.74) is 0. The third-order valence-electron chi connectivity index (χ3n) is 7.08. The predicted molar refractivity (Wildman–Crippen MR) is 154 cm³/mol. The second-order valence-corrected chi connectivity index (χ2v) is 13.3. The molecule has 2 aliphatic heterocycles. The molecule has 11 heteroatoms. The Morgan fingerprint density at radius 3 is 1.32 bits per heavy atom. The molecule has 0 saturated carbocycles. The summed E-state index contributed by atoms with van der Waals surface area (Å²) in [4.78, 5) is 4.60. The van der Waals surface area contributed by atoms with Crippen LogP contribution in [0.2, 0.25) is 0 Å². The molecule has 41 heavy (non-hydrogen) atoms. The molecule has 0 aromatic heterocycles. The first-order chi connectivity index (χ1) is 19.5. The molecule has 0 aliphatic carbocycles. The van der Waals surface area contributed by atoms with Crippen molar-refractivity contribution < 1.29 is 37.6 Å². The van der Waals surface area contributed by atoms with Gasteiger partial charge in [-0.05, 0) is 76.2 Å². The molecular weight excluding hydrogens is 548 g/mol. The van der Waals surface area contributed by atoms with E-state index in [0.29, 0.717) is 24.6 Å². The molecule has 2 aliphatic rings. The first kappa shape index (κ1) is 31.7. The van der Waals surface area contributed by atoms with Gasteiger partial charge in [0.05, 0.1) is 34.2 Å². The van der Waals surface area contributed by atoms with Gasteiger partial charge in [-0.3, -0.25) is 9.80 Å².